The highest BCUT2D eigenvalue weighted by Gasteiger charge is 2.13. The average molecular weight is 350 g/mol. The van der Waals surface area contributed by atoms with Crippen molar-refractivity contribution in [2.24, 2.45) is 0 Å². The molecule has 0 atom stereocenters. The summed E-state index contributed by atoms with van der Waals surface area (Å²) in [6.45, 7) is 0. The summed E-state index contributed by atoms with van der Waals surface area (Å²) in [5.41, 5.74) is 0.884. The zero-order valence-electron chi connectivity index (χ0n) is 11.5. The fourth-order valence-electron chi connectivity index (χ4n) is 1.96. The Kier molecular flexibility index (Phi) is 4.22. The molecule has 0 spiro atoms. The number of rotatable bonds is 3. The van der Waals surface area contributed by atoms with Gasteiger partial charge < -0.3 is 9.73 Å². The third-order valence-electron chi connectivity index (χ3n) is 3.01. The molecule has 3 rings (SSSR count). The van der Waals surface area contributed by atoms with E-state index in [1.165, 1.54) is 24.3 Å². The van der Waals surface area contributed by atoms with Crippen molar-refractivity contribution in [3.05, 3.63) is 63.7 Å². The second kappa shape index (κ2) is 6.31. The Morgan fingerprint density at radius 2 is 2.09 bits per heavy atom. The highest BCUT2D eigenvalue weighted by Crippen LogP contribution is 2.29. The minimum atomic E-state index is -0.596. The number of nitrogens with one attached hydrogen (secondary N) is 2. The molecular weight excluding hydrogens is 341 g/mol. The number of carbonyl (C=O) groups excluding carboxylic acids is 1. The van der Waals surface area contributed by atoms with Crippen molar-refractivity contribution in [1.82, 2.24) is 10.2 Å². The number of halogens is 2. The van der Waals surface area contributed by atoms with Crippen LogP contribution in [0.3, 0.4) is 0 Å². The Morgan fingerprint density at radius 1 is 1.30 bits per heavy atom. The number of anilines is 1. The quantitative estimate of drug-likeness (QED) is 0.685. The summed E-state index contributed by atoms with van der Waals surface area (Å²) < 4.78 is 18.8. The Labute approximate surface area is 140 Å². The molecule has 0 aliphatic heterocycles. The lowest BCUT2D eigenvalue weighted by atomic mass is 10.1. The van der Waals surface area contributed by atoms with Gasteiger partial charge >= 0.3 is 0 Å². The smallest absolute Gasteiger partial charge is 0.284 e. The van der Waals surface area contributed by atoms with Gasteiger partial charge in [-0.2, -0.15) is 0 Å². The number of nitrogens with zero attached hydrogens (tertiary/aromatic N) is 1. The fraction of sp³-hybridized carbons (Fsp3) is 0. The molecule has 0 saturated heterocycles. The molecule has 0 aliphatic carbocycles. The van der Waals surface area contributed by atoms with Gasteiger partial charge in [-0.3, -0.25) is 4.79 Å². The van der Waals surface area contributed by atoms with E-state index in [9.17, 15) is 9.18 Å². The molecule has 5 nitrogen and oxygen atoms in total. The summed E-state index contributed by atoms with van der Waals surface area (Å²) in [6.07, 6.45) is 0. The minimum absolute atomic E-state index is 0.0502. The number of hydrogen-bond acceptors (Lipinski definition) is 4. The molecular formula is C15H9ClFN3O2S. The SMILES string of the molecule is O=C(Nc1ccc(-c2n[nH]c(=S)o2)c(Cl)c1)c1ccccc1F. The van der Waals surface area contributed by atoms with Crippen LogP contribution in [0.15, 0.2) is 46.9 Å². The van der Waals surface area contributed by atoms with Crippen LogP contribution in [0, 0.1) is 10.7 Å². The highest BCUT2D eigenvalue weighted by molar-refractivity contribution is 7.71. The summed E-state index contributed by atoms with van der Waals surface area (Å²) in [6, 6.07) is 10.5. The van der Waals surface area contributed by atoms with E-state index in [0.29, 0.717) is 16.3 Å². The molecule has 2 aromatic carbocycles. The van der Waals surface area contributed by atoms with Crippen LogP contribution in [0.5, 0.6) is 0 Å². The van der Waals surface area contributed by atoms with Gasteiger partial charge in [0.15, 0.2) is 0 Å². The lowest BCUT2D eigenvalue weighted by Crippen LogP contribution is -2.13. The number of benzene rings is 2. The summed E-state index contributed by atoms with van der Waals surface area (Å²) >= 11 is 11.0. The molecule has 23 heavy (non-hydrogen) atoms. The Morgan fingerprint density at radius 3 is 2.74 bits per heavy atom. The molecule has 0 bridgehead atoms. The van der Waals surface area contributed by atoms with Gasteiger partial charge in [0.2, 0.25) is 5.89 Å². The van der Waals surface area contributed by atoms with Gasteiger partial charge in [-0.15, -0.1) is 5.10 Å². The van der Waals surface area contributed by atoms with Crippen molar-refractivity contribution in [3.63, 3.8) is 0 Å². The third-order valence-corrected chi connectivity index (χ3v) is 3.50. The largest absolute Gasteiger partial charge is 0.409 e. The van der Waals surface area contributed by atoms with Crippen molar-refractivity contribution < 1.29 is 13.6 Å². The van der Waals surface area contributed by atoms with Crippen LogP contribution in [0.25, 0.3) is 11.5 Å². The van der Waals surface area contributed by atoms with E-state index in [2.05, 4.69) is 15.5 Å². The number of aromatic amines is 1. The molecule has 1 heterocycles. The van der Waals surface area contributed by atoms with Crippen molar-refractivity contribution in [1.29, 1.82) is 0 Å². The third kappa shape index (κ3) is 3.30. The second-order valence-electron chi connectivity index (χ2n) is 4.55. The molecule has 1 aromatic heterocycles. The summed E-state index contributed by atoms with van der Waals surface area (Å²) in [7, 11) is 0. The maximum Gasteiger partial charge on any atom is 0.284 e. The van der Waals surface area contributed by atoms with Crippen LogP contribution >= 0.6 is 23.8 Å². The van der Waals surface area contributed by atoms with E-state index >= 15 is 0 Å². The Bertz CT molecular complexity index is 938. The van der Waals surface area contributed by atoms with Gasteiger partial charge in [-0.1, -0.05) is 23.7 Å². The topological polar surface area (TPSA) is 70.9 Å². The van der Waals surface area contributed by atoms with Gasteiger partial charge in [-0.25, -0.2) is 9.49 Å². The van der Waals surface area contributed by atoms with E-state index < -0.39 is 11.7 Å². The Hall–Kier alpha value is -2.51. The van der Waals surface area contributed by atoms with Crippen LogP contribution in [-0.4, -0.2) is 16.1 Å². The van der Waals surface area contributed by atoms with Crippen molar-refractivity contribution >= 4 is 35.4 Å². The monoisotopic (exact) mass is 349 g/mol. The van der Waals surface area contributed by atoms with E-state index in [4.69, 9.17) is 28.2 Å². The lowest BCUT2D eigenvalue weighted by molar-refractivity contribution is 0.102. The predicted octanol–water partition coefficient (Wildman–Crippen LogP) is 4.44. The zero-order valence-corrected chi connectivity index (χ0v) is 13.0. The molecule has 3 aromatic rings. The van der Waals surface area contributed by atoms with Crippen molar-refractivity contribution in [2.45, 2.75) is 0 Å². The molecule has 0 aliphatic rings. The molecule has 2 N–H and O–H groups in total. The maximum atomic E-state index is 13.6. The standard InChI is InChI=1S/C15H9ClFN3O2S/c16-11-7-8(5-6-9(11)14-19-20-15(23)22-14)18-13(21)10-3-1-2-4-12(10)17/h1-7H,(H,18,21)(H,20,23). The normalized spacial score (nSPS) is 10.5. The van der Waals surface area contributed by atoms with E-state index in [0.717, 1.165) is 0 Å². The van der Waals surface area contributed by atoms with Gasteiger partial charge in [0.1, 0.15) is 5.82 Å². The van der Waals surface area contributed by atoms with Crippen LogP contribution < -0.4 is 5.32 Å². The molecule has 116 valence electrons. The van der Waals surface area contributed by atoms with Crippen LogP contribution in [0.1, 0.15) is 10.4 Å². The van der Waals surface area contributed by atoms with Crippen molar-refractivity contribution in [3.8, 4) is 11.5 Å². The Balaban J connectivity index is 1.85. The molecule has 0 saturated carbocycles. The summed E-state index contributed by atoms with van der Waals surface area (Å²) in [5.74, 6) is -0.919. The summed E-state index contributed by atoms with van der Waals surface area (Å²) in [5, 5.41) is 9.26. The molecule has 0 radical (unpaired) electrons. The van der Waals surface area contributed by atoms with Gasteiger partial charge in [0, 0.05) is 5.69 Å². The van der Waals surface area contributed by atoms with E-state index in [-0.39, 0.29) is 16.3 Å². The van der Waals surface area contributed by atoms with Gasteiger partial charge in [-0.05, 0) is 42.5 Å². The first-order valence-corrected chi connectivity index (χ1v) is 7.24. The molecule has 0 fully saturated rings. The highest BCUT2D eigenvalue weighted by atomic mass is 35.5. The first-order valence-electron chi connectivity index (χ1n) is 6.46. The fourth-order valence-corrected chi connectivity index (χ4v) is 2.34. The first-order chi connectivity index (χ1) is 11.0. The predicted molar refractivity (Wildman–Crippen MR) is 86.5 cm³/mol. The maximum absolute atomic E-state index is 13.6. The number of H-pyrrole nitrogens is 1. The second-order valence-corrected chi connectivity index (χ2v) is 5.32. The van der Waals surface area contributed by atoms with Crippen LogP contribution in [0.2, 0.25) is 5.02 Å². The lowest BCUT2D eigenvalue weighted by Gasteiger charge is -2.07. The zero-order chi connectivity index (χ0) is 16.4. The molecule has 0 unspecified atom stereocenters. The number of carbonyl (C=O) groups is 1. The molecule has 1 amide bonds. The van der Waals surface area contributed by atoms with Gasteiger partial charge in [0.05, 0.1) is 16.1 Å². The van der Waals surface area contributed by atoms with E-state index in [1.54, 1.807) is 18.2 Å². The van der Waals surface area contributed by atoms with Crippen molar-refractivity contribution in [2.75, 3.05) is 5.32 Å². The number of aromatic nitrogens is 2. The first kappa shape index (κ1) is 15.4. The van der Waals surface area contributed by atoms with E-state index in [1.807, 2.05) is 0 Å². The summed E-state index contributed by atoms with van der Waals surface area (Å²) in [4.78, 5) is 12.2. The molecule has 8 heteroatoms. The number of hydrogen-bond donors (Lipinski definition) is 2. The number of amides is 1. The average Bonchev–Trinajstić information content (AvgIpc) is 2.94. The van der Waals surface area contributed by atoms with Crippen LogP contribution in [0.4, 0.5) is 10.1 Å². The van der Waals surface area contributed by atoms with Crippen LogP contribution in [-0.2, 0) is 0 Å². The minimum Gasteiger partial charge on any atom is -0.409 e. The van der Waals surface area contributed by atoms with Gasteiger partial charge in [0.25, 0.3) is 10.7 Å².